The number of carbonyl (C=O) groups is 3. The SMILES string of the molecule is CC/C=C\C/C=C\C/C=C\C/C=C\C/C=C\CCCC(=O)OCC(COC(=O)CCCCCCCCCCCCCCCCCCCCCCCCCCCC)OC(=O)CCCCCCCCCCC/C=C\C/C=C\CCCCCCC. The van der Waals surface area contributed by atoms with Gasteiger partial charge in [-0.25, -0.2) is 0 Å². The zero-order valence-corrected chi connectivity index (χ0v) is 54.5. The highest BCUT2D eigenvalue weighted by Crippen LogP contribution is 2.18. The number of rotatable bonds is 65. The molecule has 0 saturated heterocycles. The Morgan fingerprint density at radius 2 is 0.488 bits per heavy atom. The molecular weight excluding hydrogens is 1010 g/mol. The van der Waals surface area contributed by atoms with Crippen molar-refractivity contribution in [3.63, 3.8) is 0 Å². The van der Waals surface area contributed by atoms with Crippen LogP contribution in [0.3, 0.4) is 0 Å². The summed E-state index contributed by atoms with van der Waals surface area (Å²) in [5.41, 5.74) is 0. The fourth-order valence-corrected chi connectivity index (χ4v) is 10.3. The molecule has 0 aliphatic rings. The molecule has 0 rings (SSSR count). The average molecular weight is 1140 g/mol. The van der Waals surface area contributed by atoms with Crippen LogP contribution in [-0.4, -0.2) is 37.2 Å². The highest BCUT2D eigenvalue weighted by molar-refractivity contribution is 5.71. The molecule has 0 saturated carbocycles. The fraction of sp³-hybridized carbons (Fsp3) is 0.776. The number of ether oxygens (including phenoxy) is 3. The second-order valence-corrected chi connectivity index (χ2v) is 23.8. The topological polar surface area (TPSA) is 78.9 Å². The van der Waals surface area contributed by atoms with Crippen molar-refractivity contribution in [3.8, 4) is 0 Å². The molecule has 0 fully saturated rings. The molecule has 0 spiro atoms. The minimum absolute atomic E-state index is 0.0930. The molecule has 6 nitrogen and oxygen atoms in total. The average Bonchev–Trinajstić information content (AvgIpc) is 3.47. The Labute approximate surface area is 509 Å². The quantitative estimate of drug-likeness (QED) is 0.0261. The fourth-order valence-electron chi connectivity index (χ4n) is 10.3. The highest BCUT2D eigenvalue weighted by Gasteiger charge is 2.19. The predicted octanol–water partition coefficient (Wildman–Crippen LogP) is 24.6. The van der Waals surface area contributed by atoms with Crippen LogP contribution in [0.25, 0.3) is 0 Å². The lowest BCUT2D eigenvalue weighted by atomic mass is 10.0. The molecule has 1 unspecified atom stereocenters. The van der Waals surface area contributed by atoms with Crippen LogP contribution >= 0.6 is 0 Å². The molecule has 6 heteroatoms. The Morgan fingerprint density at radius 1 is 0.256 bits per heavy atom. The molecule has 0 aromatic rings. The molecule has 1 atom stereocenters. The van der Waals surface area contributed by atoms with Gasteiger partial charge in [0.15, 0.2) is 6.10 Å². The van der Waals surface area contributed by atoms with Crippen molar-refractivity contribution in [1.82, 2.24) is 0 Å². The van der Waals surface area contributed by atoms with Gasteiger partial charge in [0.2, 0.25) is 0 Å². The Bertz CT molecular complexity index is 1550. The maximum atomic E-state index is 13.0. The van der Waals surface area contributed by atoms with E-state index in [-0.39, 0.29) is 37.5 Å². The second-order valence-electron chi connectivity index (χ2n) is 23.8. The van der Waals surface area contributed by atoms with Gasteiger partial charge in [0.1, 0.15) is 13.2 Å². The third-order valence-electron chi connectivity index (χ3n) is 15.6. The molecule has 0 bridgehead atoms. The molecule has 0 aromatic heterocycles. The van der Waals surface area contributed by atoms with E-state index < -0.39 is 6.10 Å². The van der Waals surface area contributed by atoms with Crippen molar-refractivity contribution in [3.05, 3.63) is 85.1 Å². The van der Waals surface area contributed by atoms with E-state index in [2.05, 4.69) is 106 Å². The molecule has 0 aliphatic heterocycles. The summed E-state index contributed by atoms with van der Waals surface area (Å²) in [6.45, 7) is 6.52. The molecule has 0 heterocycles. The Balaban J connectivity index is 4.35. The van der Waals surface area contributed by atoms with Crippen LogP contribution < -0.4 is 0 Å². The van der Waals surface area contributed by atoms with Crippen LogP contribution in [0, 0.1) is 0 Å². The number of unbranched alkanes of at least 4 members (excludes halogenated alkanes) is 40. The van der Waals surface area contributed by atoms with Gasteiger partial charge in [0.25, 0.3) is 0 Å². The summed E-state index contributed by atoms with van der Waals surface area (Å²) in [7, 11) is 0. The molecular formula is C76H134O6. The second kappa shape index (κ2) is 70.1. The van der Waals surface area contributed by atoms with Crippen molar-refractivity contribution in [2.24, 2.45) is 0 Å². The molecule has 0 radical (unpaired) electrons. The third-order valence-corrected chi connectivity index (χ3v) is 15.6. The molecule has 82 heavy (non-hydrogen) atoms. The first kappa shape index (κ1) is 78.6. The van der Waals surface area contributed by atoms with Crippen molar-refractivity contribution >= 4 is 17.9 Å². The van der Waals surface area contributed by atoms with Gasteiger partial charge < -0.3 is 14.2 Å². The number of carbonyl (C=O) groups excluding carboxylic acids is 3. The molecule has 0 aliphatic carbocycles. The van der Waals surface area contributed by atoms with E-state index in [0.717, 1.165) is 83.5 Å². The number of hydrogen-bond donors (Lipinski definition) is 0. The summed E-state index contributed by atoms with van der Waals surface area (Å²) >= 11 is 0. The Hall–Kier alpha value is -3.41. The minimum atomic E-state index is -0.803. The standard InChI is InChI=1S/C76H134O6/c1-4-7-10-13-16-19-22-25-28-31-33-35-36-37-38-39-41-42-45-48-51-54-57-60-63-66-69-75(78)81-72-73(71-80-74(77)68-65-62-59-56-53-50-47-44-30-27-24-21-18-15-12-9-6-3)82-76(79)70-67-64-61-58-55-52-49-46-43-40-34-32-29-26-23-20-17-14-11-8-5-2/h9,12,18,21,23,26-27,30,32,34,47,50,56,59,73H,4-8,10-11,13-17,19-20,22,24-25,28-29,31,33,35-46,48-49,51-55,57-58,60-72H2,1-3H3/b12-9-,21-18-,26-23-,30-27-,34-32-,50-47-,59-56-. The summed E-state index contributed by atoms with van der Waals surface area (Å²) in [5, 5.41) is 0. The Kier molecular flexibility index (Phi) is 67.2. The van der Waals surface area contributed by atoms with E-state index in [0.29, 0.717) is 19.3 Å². The lowest BCUT2D eigenvalue weighted by molar-refractivity contribution is -0.167. The maximum absolute atomic E-state index is 13.0. The van der Waals surface area contributed by atoms with E-state index in [4.69, 9.17) is 14.2 Å². The zero-order valence-electron chi connectivity index (χ0n) is 54.5. The summed E-state index contributed by atoms with van der Waals surface area (Å²) in [6.07, 6.45) is 93.4. The molecule has 0 amide bonds. The van der Waals surface area contributed by atoms with Gasteiger partial charge >= 0.3 is 17.9 Å². The molecule has 0 N–H and O–H groups in total. The normalized spacial score (nSPS) is 12.6. The van der Waals surface area contributed by atoms with Crippen LogP contribution in [0.2, 0.25) is 0 Å². The van der Waals surface area contributed by atoms with E-state index in [1.54, 1.807) is 0 Å². The minimum Gasteiger partial charge on any atom is -0.462 e. The van der Waals surface area contributed by atoms with Crippen LogP contribution in [-0.2, 0) is 28.6 Å². The first-order chi connectivity index (χ1) is 40.5. The zero-order chi connectivity index (χ0) is 59.2. The van der Waals surface area contributed by atoms with E-state index >= 15 is 0 Å². The van der Waals surface area contributed by atoms with Gasteiger partial charge in [0, 0.05) is 19.3 Å². The van der Waals surface area contributed by atoms with Gasteiger partial charge in [-0.3, -0.25) is 14.4 Å². The summed E-state index contributed by atoms with van der Waals surface area (Å²) in [6, 6.07) is 0. The first-order valence-electron chi connectivity index (χ1n) is 35.6. The summed E-state index contributed by atoms with van der Waals surface area (Å²) in [5.74, 6) is -0.939. The van der Waals surface area contributed by atoms with Crippen LogP contribution in [0.5, 0.6) is 0 Å². The maximum Gasteiger partial charge on any atom is 0.306 e. The largest absolute Gasteiger partial charge is 0.462 e. The van der Waals surface area contributed by atoms with Crippen molar-refractivity contribution < 1.29 is 28.6 Å². The summed E-state index contributed by atoms with van der Waals surface area (Å²) in [4.78, 5) is 38.4. The number of allylic oxidation sites excluding steroid dienone is 14. The van der Waals surface area contributed by atoms with Gasteiger partial charge in [-0.1, -0.05) is 337 Å². The van der Waals surface area contributed by atoms with Crippen LogP contribution in [0.1, 0.15) is 361 Å². The van der Waals surface area contributed by atoms with Gasteiger partial charge in [-0.05, 0) is 89.9 Å². The molecule has 474 valence electrons. The monoisotopic (exact) mass is 1140 g/mol. The first-order valence-corrected chi connectivity index (χ1v) is 35.6. The van der Waals surface area contributed by atoms with Gasteiger partial charge in [-0.2, -0.15) is 0 Å². The smallest absolute Gasteiger partial charge is 0.306 e. The van der Waals surface area contributed by atoms with Gasteiger partial charge in [0.05, 0.1) is 0 Å². The molecule has 0 aromatic carbocycles. The van der Waals surface area contributed by atoms with E-state index in [1.165, 1.54) is 231 Å². The van der Waals surface area contributed by atoms with Crippen molar-refractivity contribution in [2.75, 3.05) is 13.2 Å². The number of hydrogen-bond acceptors (Lipinski definition) is 6. The number of esters is 3. The highest BCUT2D eigenvalue weighted by atomic mass is 16.6. The van der Waals surface area contributed by atoms with Crippen LogP contribution in [0.15, 0.2) is 85.1 Å². The summed E-state index contributed by atoms with van der Waals surface area (Å²) < 4.78 is 16.9. The van der Waals surface area contributed by atoms with Crippen molar-refractivity contribution in [1.29, 1.82) is 0 Å². The predicted molar refractivity (Wildman–Crippen MR) is 358 cm³/mol. The van der Waals surface area contributed by atoms with E-state index in [1.807, 2.05) is 0 Å². The lowest BCUT2D eigenvalue weighted by Gasteiger charge is -2.18. The van der Waals surface area contributed by atoms with E-state index in [9.17, 15) is 14.4 Å². The van der Waals surface area contributed by atoms with Crippen LogP contribution in [0.4, 0.5) is 0 Å². The lowest BCUT2D eigenvalue weighted by Crippen LogP contribution is -2.30. The van der Waals surface area contributed by atoms with Gasteiger partial charge in [-0.15, -0.1) is 0 Å². The van der Waals surface area contributed by atoms with Crippen molar-refractivity contribution in [2.45, 2.75) is 367 Å². The third kappa shape index (κ3) is 67.4. The Morgan fingerprint density at radius 3 is 0.793 bits per heavy atom.